The van der Waals surface area contributed by atoms with Gasteiger partial charge in [-0.2, -0.15) is 0 Å². The number of halogens is 1. The van der Waals surface area contributed by atoms with Gasteiger partial charge in [0.15, 0.2) is 0 Å². The Bertz CT molecular complexity index is 995. The molecular weight excluding hydrogens is 361 g/mol. The average molecular weight is 381 g/mol. The van der Waals surface area contributed by atoms with E-state index in [2.05, 4.69) is 5.32 Å². The molecule has 1 aliphatic heterocycles. The van der Waals surface area contributed by atoms with Crippen LogP contribution in [0.15, 0.2) is 53.9 Å². The highest BCUT2D eigenvalue weighted by Crippen LogP contribution is 2.48. The van der Waals surface area contributed by atoms with Crippen LogP contribution < -0.4 is 10.1 Å². The maximum Gasteiger partial charge on any atom is 0.225 e. The zero-order valence-electron chi connectivity index (χ0n) is 15.2. The number of para-hydroxylation sites is 1. The fourth-order valence-electron chi connectivity index (χ4n) is 3.48. The Morgan fingerprint density at radius 3 is 2.78 bits per heavy atom. The van der Waals surface area contributed by atoms with Gasteiger partial charge in [0.25, 0.3) is 0 Å². The topological polar surface area (TPSA) is 38.3 Å². The van der Waals surface area contributed by atoms with E-state index < -0.39 is 0 Å². The molecule has 1 aromatic heterocycles. The van der Waals surface area contributed by atoms with E-state index >= 15 is 0 Å². The van der Waals surface area contributed by atoms with Crippen molar-refractivity contribution >= 4 is 22.9 Å². The lowest BCUT2D eigenvalue weighted by molar-refractivity contribution is -0.116. The van der Waals surface area contributed by atoms with Crippen molar-refractivity contribution < 1.29 is 13.9 Å². The lowest BCUT2D eigenvalue weighted by atomic mass is 9.88. The Morgan fingerprint density at radius 2 is 2.00 bits per heavy atom. The predicted molar refractivity (Wildman–Crippen MR) is 107 cm³/mol. The monoisotopic (exact) mass is 381 g/mol. The molecule has 0 bridgehead atoms. The average Bonchev–Trinajstić information content (AvgIpc) is 3.05. The van der Waals surface area contributed by atoms with E-state index in [1.165, 1.54) is 12.1 Å². The zero-order chi connectivity index (χ0) is 19.0. The Labute approximate surface area is 161 Å². The third kappa shape index (κ3) is 3.47. The molecule has 1 amide bonds. The van der Waals surface area contributed by atoms with Gasteiger partial charge in [-0.05, 0) is 37.6 Å². The first kappa shape index (κ1) is 17.7. The van der Waals surface area contributed by atoms with Crippen LogP contribution in [-0.2, 0) is 4.79 Å². The van der Waals surface area contributed by atoms with Crippen LogP contribution in [0.3, 0.4) is 0 Å². The van der Waals surface area contributed by atoms with Crippen molar-refractivity contribution in [3.05, 3.63) is 70.2 Å². The highest BCUT2D eigenvalue weighted by molar-refractivity contribution is 7.11. The molecule has 0 spiro atoms. The van der Waals surface area contributed by atoms with Crippen molar-refractivity contribution in [2.75, 3.05) is 5.32 Å². The second-order valence-electron chi connectivity index (χ2n) is 6.91. The van der Waals surface area contributed by atoms with Crippen LogP contribution in [0.2, 0.25) is 0 Å². The summed E-state index contributed by atoms with van der Waals surface area (Å²) >= 11 is 1.59. The molecule has 0 unspecified atom stereocenters. The summed E-state index contributed by atoms with van der Waals surface area (Å²) in [5.74, 6) is 0.402. The van der Waals surface area contributed by atoms with Crippen LogP contribution in [0.1, 0.15) is 36.6 Å². The summed E-state index contributed by atoms with van der Waals surface area (Å²) in [6.07, 6.45) is 0.420. The van der Waals surface area contributed by atoms with Crippen molar-refractivity contribution in [1.82, 2.24) is 0 Å². The maximum atomic E-state index is 13.7. The number of nitrogens with one attached hydrogen (secondary N) is 1. The molecule has 4 rings (SSSR count). The SMILES string of the molecule is CC(C)Oc1ccccc1[C@H]1CC(=O)Nc2c(-c3cccc(F)c3)csc21. The molecule has 27 heavy (non-hydrogen) atoms. The van der Waals surface area contributed by atoms with Gasteiger partial charge in [0, 0.05) is 33.7 Å². The minimum Gasteiger partial charge on any atom is -0.491 e. The molecular formula is C22H20FNO2S. The van der Waals surface area contributed by atoms with Crippen molar-refractivity contribution in [3.63, 3.8) is 0 Å². The Hall–Kier alpha value is -2.66. The molecule has 0 saturated heterocycles. The van der Waals surface area contributed by atoms with Gasteiger partial charge >= 0.3 is 0 Å². The highest BCUT2D eigenvalue weighted by Gasteiger charge is 2.32. The van der Waals surface area contributed by atoms with Gasteiger partial charge in [0.05, 0.1) is 11.8 Å². The fraction of sp³-hybridized carbons (Fsp3) is 0.227. The number of fused-ring (bicyclic) bond motifs is 1. The van der Waals surface area contributed by atoms with E-state index in [9.17, 15) is 9.18 Å². The Morgan fingerprint density at radius 1 is 1.19 bits per heavy atom. The van der Waals surface area contributed by atoms with Gasteiger partial charge < -0.3 is 10.1 Å². The van der Waals surface area contributed by atoms with Crippen LogP contribution in [0.5, 0.6) is 5.75 Å². The van der Waals surface area contributed by atoms with E-state index in [1.807, 2.05) is 49.6 Å². The van der Waals surface area contributed by atoms with Crippen LogP contribution in [-0.4, -0.2) is 12.0 Å². The van der Waals surface area contributed by atoms with Crippen molar-refractivity contribution in [1.29, 1.82) is 0 Å². The molecule has 1 aliphatic rings. The molecule has 1 N–H and O–H groups in total. The lowest BCUT2D eigenvalue weighted by Crippen LogP contribution is -2.23. The standard InChI is InChI=1S/C22H20FNO2S/c1-13(2)26-19-9-4-3-8-16(19)17-11-20(25)24-21-18(12-27-22(17)21)14-6-5-7-15(23)10-14/h3-10,12-13,17H,11H2,1-2H3,(H,24,25)/t17-/m1/s1. The van der Waals surface area contributed by atoms with Crippen molar-refractivity contribution in [3.8, 4) is 16.9 Å². The number of anilines is 1. The number of rotatable bonds is 4. The zero-order valence-corrected chi connectivity index (χ0v) is 16.0. The lowest BCUT2D eigenvalue weighted by Gasteiger charge is -2.26. The van der Waals surface area contributed by atoms with Crippen molar-refractivity contribution in [2.45, 2.75) is 32.3 Å². The summed E-state index contributed by atoms with van der Waals surface area (Å²) in [7, 11) is 0. The Kier molecular flexibility index (Phi) is 4.70. The number of ether oxygens (including phenoxy) is 1. The molecule has 0 fully saturated rings. The number of thiophene rings is 1. The first-order chi connectivity index (χ1) is 13.0. The summed E-state index contributed by atoms with van der Waals surface area (Å²) < 4.78 is 19.7. The fourth-order valence-corrected chi connectivity index (χ4v) is 4.63. The largest absolute Gasteiger partial charge is 0.491 e. The summed E-state index contributed by atoms with van der Waals surface area (Å²) in [5, 5.41) is 4.98. The number of amides is 1. The molecule has 0 radical (unpaired) electrons. The second-order valence-corrected chi connectivity index (χ2v) is 7.82. The van der Waals surface area contributed by atoms with Gasteiger partial charge in [-0.25, -0.2) is 4.39 Å². The molecule has 0 aliphatic carbocycles. The summed E-state index contributed by atoms with van der Waals surface area (Å²) in [6.45, 7) is 3.98. The quantitative estimate of drug-likeness (QED) is 0.619. The smallest absolute Gasteiger partial charge is 0.225 e. The number of carbonyl (C=O) groups is 1. The highest BCUT2D eigenvalue weighted by atomic mass is 32.1. The van der Waals surface area contributed by atoms with Gasteiger partial charge in [0.1, 0.15) is 11.6 Å². The number of carbonyl (C=O) groups excluding carboxylic acids is 1. The molecule has 0 saturated carbocycles. The molecule has 138 valence electrons. The maximum absolute atomic E-state index is 13.7. The van der Waals surface area contributed by atoms with E-state index in [4.69, 9.17) is 4.74 Å². The van der Waals surface area contributed by atoms with Crippen LogP contribution >= 0.6 is 11.3 Å². The number of hydrogen-bond acceptors (Lipinski definition) is 3. The van der Waals surface area contributed by atoms with Gasteiger partial charge in [-0.1, -0.05) is 30.3 Å². The van der Waals surface area contributed by atoms with Crippen LogP contribution in [0, 0.1) is 5.82 Å². The summed E-state index contributed by atoms with van der Waals surface area (Å²) in [6, 6.07) is 14.3. The number of benzene rings is 2. The molecule has 5 heteroatoms. The van der Waals surface area contributed by atoms with E-state index in [1.54, 1.807) is 17.4 Å². The summed E-state index contributed by atoms with van der Waals surface area (Å²) in [5.41, 5.74) is 3.41. The first-order valence-electron chi connectivity index (χ1n) is 8.95. The van der Waals surface area contributed by atoms with Gasteiger partial charge in [-0.15, -0.1) is 11.3 Å². The summed E-state index contributed by atoms with van der Waals surface area (Å²) in [4.78, 5) is 13.5. The van der Waals surface area contributed by atoms with E-state index in [-0.39, 0.29) is 23.7 Å². The van der Waals surface area contributed by atoms with Crippen LogP contribution in [0.4, 0.5) is 10.1 Å². The van der Waals surface area contributed by atoms with Crippen LogP contribution in [0.25, 0.3) is 11.1 Å². The predicted octanol–water partition coefficient (Wildman–Crippen LogP) is 5.82. The van der Waals surface area contributed by atoms with E-state index in [0.29, 0.717) is 6.42 Å². The molecule has 2 heterocycles. The Balaban J connectivity index is 1.81. The minimum atomic E-state index is -0.290. The van der Waals surface area contributed by atoms with E-state index in [0.717, 1.165) is 33.0 Å². The van der Waals surface area contributed by atoms with Crippen molar-refractivity contribution in [2.24, 2.45) is 0 Å². The molecule has 3 aromatic rings. The molecule has 1 atom stereocenters. The van der Waals surface area contributed by atoms with Gasteiger partial charge in [-0.3, -0.25) is 4.79 Å². The third-order valence-corrected chi connectivity index (χ3v) is 5.68. The van der Waals surface area contributed by atoms with Gasteiger partial charge in [0.2, 0.25) is 5.91 Å². The first-order valence-corrected chi connectivity index (χ1v) is 9.83. The second kappa shape index (κ2) is 7.16. The molecule has 2 aromatic carbocycles. The third-order valence-electron chi connectivity index (χ3n) is 4.58. The molecule has 3 nitrogen and oxygen atoms in total. The number of hydrogen-bond donors (Lipinski definition) is 1. The normalized spacial score (nSPS) is 16.1. The minimum absolute atomic E-state index is 0.0390.